The molecule has 0 fully saturated rings. The zero-order valence-electron chi connectivity index (χ0n) is 8.18. The fourth-order valence-electron chi connectivity index (χ4n) is 0.972. The predicted molar refractivity (Wildman–Crippen MR) is 57.8 cm³/mol. The van der Waals surface area contributed by atoms with E-state index < -0.39 is 10.0 Å². The summed E-state index contributed by atoms with van der Waals surface area (Å²) in [4.78, 5) is 3.91. The van der Waals surface area contributed by atoms with Crippen LogP contribution in [0.15, 0.2) is 23.2 Å². The molecule has 6 nitrogen and oxygen atoms in total. The highest BCUT2D eigenvalue weighted by Gasteiger charge is 2.07. The topological polar surface area (TPSA) is 111 Å². The summed E-state index contributed by atoms with van der Waals surface area (Å²) in [6.45, 7) is 1.31. The first-order valence-corrected chi connectivity index (χ1v) is 6.01. The molecule has 0 amide bonds. The van der Waals surface area contributed by atoms with Crippen molar-refractivity contribution in [2.24, 2.45) is 10.9 Å². The highest BCUT2D eigenvalue weighted by Crippen LogP contribution is 2.08. The van der Waals surface area contributed by atoms with Gasteiger partial charge in [-0.2, -0.15) is 0 Å². The highest BCUT2D eigenvalue weighted by molar-refractivity contribution is 7.89. The minimum absolute atomic E-state index is 0.00637. The summed E-state index contributed by atoms with van der Waals surface area (Å²) >= 11 is 0. The molecule has 7 heteroatoms. The van der Waals surface area contributed by atoms with Crippen molar-refractivity contribution < 1.29 is 8.42 Å². The van der Waals surface area contributed by atoms with Gasteiger partial charge in [-0.15, -0.1) is 0 Å². The first-order valence-electron chi connectivity index (χ1n) is 4.47. The maximum absolute atomic E-state index is 10.9. The van der Waals surface area contributed by atoms with E-state index >= 15 is 0 Å². The number of rotatable bonds is 5. The number of sulfonamides is 1. The van der Waals surface area contributed by atoms with Crippen LogP contribution in [0, 0.1) is 0 Å². The van der Waals surface area contributed by atoms with Gasteiger partial charge in [-0.25, -0.2) is 18.5 Å². The lowest BCUT2D eigenvalue weighted by Crippen LogP contribution is -2.13. The Morgan fingerprint density at radius 3 is 2.60 bits per heavy atom. The van der Waals surface area contributed by atoms with E-state index in [-0.39, 0.29) is 4.90 Å². The predicted octanol–water partition coefficient (Wildman–Crippen LogP) is -0.510. The molecule has 0 atom stereocenters. The second-order valence-electron chi connectivity index (χ2n) is 2.99. The van der Waals surface area contributed by atoms with E-state index in [9.17, 15) is 8.42 Å². The number of nitrogens with zero attached hydrogens (tertiary/aromatic N) is 1. The van der Waals surface area contributed by atoms with Crippen LogP contribution < -0.4 is 16.2 Å². The standard InChI is InChI=1S/C8H14N4O2S/c9-4-1-5-11-8-3-2-7(6-12-8)15(10,13)14/h2-3,6H,1,4-5,9H2,(H,11,12)(H2,10,13,14). The molecule has 0 spiro atoms. The molecule has 0 aliphatic carbocycles. The summed E-state index contributed by atoms with van der Waals surface area (Å²) in [7, 11) is -3.66. The van der Waals surface area contributed by atoms with Crippen LogP contribution in [-0.2, 0) is 10.0 Å². The number of anilines is 1. The van der Waals surface area contributed by atoms with Crippen molar-refractivity contribution in [2.75, 3.05) is 18.4 Å². The van der Waals surface area contributed by atoms with Gasteiger partial charge in [0.25, 0.3) is 0 Å². The highest BCUT2D eigenvalue weighted by atomic mass is 32.2. The van der Waals surface area contributed by atoms with Gasteiger partial charge >= 0.3 is 0 Å². The molecule has 1 rings (SSSR count). The number of aromatic nitrogens is 1. The van der Waals surface area contributed by atoms with Crippen molar-refractivity contribution in [3.63, 3.8) is 0 Å². The molecule has 1 aromatic rings. The second-order valence-corrected chi connectivity index (χ2v) is 4.55. The number of hydrogen-bond acceptors (Lipinski definition) is 5. The average molecular weight is 230 g/mol. The Labute approximate surface area is 88.7 Å². The van der Waals surface area contributed by atoms with E-state index in [4.69, 9.17) is 10.9 Å². The molecule has 0 radical (unpaired) electrons. The third-order valence-corrected chi connectivity index (χ3v) is 2.65. The SMILES string of the molecule is NCCCNc1ccc(S(N)(=O)=O)cn1. The molecule has 0 aliphatic heterocycles. The smallest absolute Gasteiger partial charge is 0.239 e. The van der Waals surface area contributed by atoms with Crippen LogP contribution >= 0.6 is 0 Å². The zero-order valence-corrected chi connectivity index (χ0v) is 9.00. The monoisotopic (exact) mass is 230 g/mol. The third-order valence-electron chi connectivity index (χ3n) is 1.75. The van der Waals surface area contributed by atoms with Crippen LogP contribution in [0.2, 0.25) is 0 Å². The van der Waals surface area contributed by atoms with E-state index in [1.54, 1.807) is 6.07 Å². The van der Waals surface area contributed by atoms with Crippen molar-refractivity contribution in [2.45, 2.75) is 11.3 Å². The molecular formula is C8H14N4O2S. The zero-order chi connectivity index (χ0) is 11.3. The first kappa shape index (κ1) is 11.9. The molecule has 5 N–H and O–H groups in total. The largest absolute Gasteiger partial charge is 0.370 e. The van der Waals surface area contributed by atoms with Crippen LogP contribution in [0.3, 0.4) is 0 Å². The molecule has 0 aromatic carbocycles. The van der Waals surface area contributed by atoms with Gasteiger partial charge in [0.2, 0.25) is 10.0 Å². The third kappa shape index (κ3) is 3.82. The van der Waals surface area contributed by atoms with Crippen molar-refractivity contribution in [1.29, 1.82) is 0 Å². The Morgan fingerprint density at radius 2 is 2.13 bits per heavy atom. The van der Waals surface area contributed by atoms with Gasteiger partial charge in [-0.1, -0.05) is 0 Å². The summed E-state index contributed by atoms with van der Waals surface area (Å²) in [6.07, 6.45) is 2.05. The Hall–Kier alpha value is -1.18. The average Bonchev–Trinajstić information content (AvgIpc) is 2.18. The molecule has 0 saturated carbocycles. The van der Waals surface area contributed by atoms with E-state index in [2.05, 4.69) is 10.3 Å². The normalized spacial score (nSPS) is 11.3. The van der Waals surface area contributed by atoms with Gasteiger partial charge < -0.3 is 11.1 Å². The molecule has 0 unspecified atom stereocenters. The van der Waals surface area contributed by atoms with Gasteiger partial charge in [0.15, 0.2) is 0 Å². The number of primary sulfonamides is 1. The van der Waals surface area contributed by atoms with Crippen LogP contribution in [0.25, 0.3) is 0 Å². The number of pyridine rings is 1. The molecule has 1 heterocycles. The summed E-state index contributed by atoms with van der Waals surface area (Å²) in [5.41, 5.74) is 5.32. The van der Waals surface area contributed by atoms with Gasteiger partial charge in [0, 0.05) is 12.7 Å². The number of hydrogen-bond donors (Lipinski definition) is 3. The number of nitrogens with two attached hydrogens (primary N) is 2. The van der Waals surface area contributed by atoms with Crippen LogP contribution in [-0.4, -0.2) is 26.5 Å². The summed E-state index contributed by atoms with van der Waals surface area (Å²) in [5.74, 6) is 0.607. The maximum atomic E-state index is 10.9. The van der Waals surface area contributed by atoms with Gasteiger partial charge in [0.05, 0.1) is 0 Å². The van der Waals surface area contributed by atoms with E-state index in [0.717, 1.165) is 6.42 Å². The van der Waals surface area contributed by atoms with E-state index in [1.807, 2.05) is 0 Å². The first-order chi connectivity index (χ1) is 7.04. The molecule has 15 heavy (non-hydrogen) atoms. The van der Waals surface area contributed by atoms with Crippen molar-refractivity contribution in [3.8, 4) is 0 Å². The maximum Gasteiger partial charge on any atom is 0.239 e. The fraction of sp³-hybridized carbons (Fsp3) is 0.375. The lowest BCUT2D eigenvalue weighted by molar-refractivity contribution is 0.597. The van der Waals surface area contributed by atoms with Crippen LogP contribution in [0.1, 0.15) is 6.42 Å². The summed E-state index contributed by atoms with van der Waals surface area (Å²) in [5, 5.41) is 7.92. The Balaban J connectivity index is 2.65. The second kappa shape index (κ2) is 5.06. The molecule has 0 aliphatic rings. The Morgan fingerprint density at radius 1 is 1.40 bits per heavy atom. The minimum atomic E-state index is -3.66. The summed E-state index contributed by atoms with van der Waals surface area (Å²) in [6, 6.07) is 2.98. The van der Waals surface area contributed by atoms with Crippen molar-refractivity contribution in [1.82, 2.24) is 4.98 Å². The number of nitrogens with one attached hydrogen (secondary N) is 1. The molecule has 1 aromatic heterocycles. The van der Waals surface area contributed by atoms with Crippen molar-refractivity contribution in [3.05, 3.63) is 18.3 Å². The van der Waals surface area contributed by atoms with E-state index in [1.165, 1.54) is 12.3 Å². The van der Waals surface area contributed by atoms with Crippen LogP contribution in [0.4, 0.5) is 5.82 Å². The molecule has 0 saturated heterocycles. The van der Waals surface area contributed by atoms with Crippen LogP contribution in [0.5, 0.6) is 0 Å². The molecular weight excluding hydrogens is 216 g/mol. The fourth-order valence-corrected chi connectivity index (χ4v) is 1.43. The van der Waals surface area contributed by atoms with E-state index in [0.29, 0.717) is 18.9 Å². The minimum Gasteiger partial charge on any atom is -0.370 e. The quantitative estimate of drug-likeness (QED) is 0.590. The Bertz CT molecular complexity index is 401. The Kier molecular flexibility index (Phi) is 4.01. The molecule has 84 valence electrons. The molecule has 0 bridgehead atoms. The lowest BCUT2D eigenvalue weighted by Gasteiger charge is -2.04. The van der Waals surface area contributed by atoms with Gasteiger partial charge in [-0.3, -0.25) is 0 Å². The van der Waals surface area contributed by atoms with Gasteiger partial charge in [0.1, 0.15) is 10.7 Å². The lowest BCUT2D eigenvalue weighted by atomic mass is 10.4. The van der Waals surface area contributed by atoms with Crippen molar-refractivity contribution >= 4 is 15.8 Å². The van der Waals surface area contributed by atoms with Gasteiger partial charge in [-0.05, 0) is 25.1 Å². The summed E-state index contributed by atoms with van der Waals surface area (Å²) < 4.78 is 21.8.